The van der Waals surface area contributed by atoms with E-state index in [4.69, 9.17) is 4.74 Å². The summed E-state index contributed by atoms with van der Waals surface area (Å²) in [5, 5.41) is 4.50. The summed E-state index contributed by atoms with van der Waals surface area (Å²) in [6.07, 6.45) is 4.81. The third-order valence-electron chi connectivity index (χ3n) is 4.31. The Morgan fingerprint density at radius 1 is 1.08 bits per heavy atom. The Hall–Kier alpha value is -3.09. The number of hydrogen-bond acceptors (Lipinski definition) is 2. The number of carbonyl (C=O) groups excluding carboxylic acids is 1. The van der Waals surface area contributed by atoms with Crippen molar-refractivity contribution in [2.45, 2.75) is 26.4 Å². The number of hydrogen-bond donors (Lipinski definition) is 0. The minimum absolute atomic E-state index is 0.231. The van der Waals surface area contributed by atoms with Crippen LogP contribution in [0.5, 0.6) is 0 Å². The van der Waals surface area contributed by atoms with Crippen molar-refractivity contribution < 1.29 is 9.53 Å². The lowest BCUT2D eigenvalue weighted by atomic mass is 9.97. The molecule has 0 aliphatic heterocycles. The first kappa shape index (κ1) is 17.7. The maximum Gasteiger partial charge on any atom is 0.342 e. The van der Waals surface area contributed by atoms with Crippen molar-refractivity contribution in [1.29, 1.82) is 0 Å². The largest absolute Gasteiger partial charge is 0.457 e. The lowest BCUT2D eigenvalue weighted by molar-refractivity contribution is -0.140. The maximum atomic E-state index is 12.5. The van der Waals surface area contributed by atoms with Crippen molar-refractivity contribution in [3.05, 3.63) is 90.2 Å². The van der Waals surface area contributed by atoms with E-state index in [9.17, 15) is 4.79 Å². The molecule has 130 valence electrons. The summed E-state index contributed by atoms with van der Waals surface area (Å²) in [7, 11) is 0. The Morgan fingerprint density at radius 2 is 1.69 bits per heavy atom. The molecule has 0 heterocycles. The number of allylic oxidation sites excluding steroid dienone is 1. The van der Waals surface area contributed by atoms with Crippen LogP contribution in [-0.4, -0.2) is 5.97 Å². The molecule has 0 aliphatic rings. The van der Waals surface area contributed by atoms with E-state index in [1.54, 1.807) is 6.08 Å². The third-order valence-corrected chi connectivity index (χ3v) is 4.31. The van der Waals surface area contributed by atoms with Crippen LogP contribution in [0, 0.1) is 0 Å². The molecule has 0 saturated carbocycles. The van der Waals surface area contributed by atoms with Crippen LogP contribution >= 0.6 is 0 Å². The van der Waals surface area contributed by atoms with Crippen LogP contribution in [0.2, 0.25) is 0 Å². The van der Waals surface area contributed by atoms with Crippen molar-refractivity contribution in [2.24, 2.45) is 0 Å². The number of rotatable bonds is 6. The highest BCUT2D eigenvalue weighted by Crippen LogP contribution is 2.29. The van der Waals surface area contributed by atoms with Crippen LogP contribution < -0.4 is 0 Å². The summed E-state index contributed by atoms with van der Waals surface area (Å²) < 4.78 is 5.65. The molecule has 0 aliphatic carbocycles. The summed E-state index contributed by atoms with van der Waals surface area (Å²) in [6, 6.07) is 18.5. The van der Waals surface area contributed by atoms with Gasteiger partial charge in [0.15, 0.2) is 0 Å². The fourth-order valence-corrected chi connectivity index (χ4v) is 3.06. The van der Waals surface area contributed by atoms with E-state index in [2.05, 4.69) is 42.6 Å². The quantitative estimate of drug-likeness (QED) is 0.178. The molecule has 0 saturated heterocycles. The van der Waals surface area contributed by atoms with Crippen LogP contribution in [0.15, 0.2) is 84.6 Å². The topological polar surface area (TPSA) is 26.3 Å². The summed E-state index contributed by atoms with van der Waals surface area (Å²) in [5.41, 5.74) is 4.56. The summed E-state index contributed by atoms with van der Waals surface area (Å²) >= 11 is 0. The van der Waals surface area contributed by atoms with Gasteiger partial charge in [0.05, 0.1) is 5.57 Å². The maximum absolute atomic E-state index is 12.5. The molecule has 0 atom stereocenters. The zero-order valence-electron chi connectivity index (χ0n) is 15.0. The van der Waals surface area contributed by atoms with Crippen molar-refractivity contribution in [2.75, 3.05) is 0 Å². The van der Waals surface area contributed by atoms with Crippen LogP contribution in [0.1, 0.15) is 25.3 Å². The molecule has 3 aromatic rings. The zero-order chi connectivity index (χ0) is 18.4. The highest BCUT2D eigenvalue weighted by molar-refractivity contribution is 6.02. The Morgan fingerprint density at radius 3 is 2.27 bits per heavy atom. The van der Waals surface area contributed by atoms with E-state index in [0.717, 1.165) is 33.5 Å². The molecular formula is C24H22O2. The molecule has 3 rings (SSSR count). The van der Waals surface area contributed by atoms with Gasteiger partial charge in [0, 0.05) is 12.0 Å². The molecule has 0 spiro atoms. The number of benzene rings is 3. The Bertz CT molecular complexity index is 967. The van der Waals surface area contributed by atoms with Crippen LogP contribution in [0.25, 0.3) is 21.5 Å². The molecule has 0 amide bonds. The Balaban J connectivity index is 1.98. The fraction of sp³-hybridized carbons (Fsp3) is 0.167. The number of carbonyl (C=O) groups is 1. The van der Waals surface area contributed by atoms with Gasteiger partial charge in [0.25, 0.3) is 0 Å². The predicted molar refractivity (Wildman–Crippen MR) is 108 cm³/mol. The standard InChI is InChI=1S/C24H22O2/c1-3-5-11-18(10-4-2)24(25)26-17-23-21-14-8-6-12-19(21)16-20-13-7-9-15-22(20)23/h4-9,12-16H,2-3,10,17H2,1H3. The lowest BCUT2D eigenvalue weighted by Crippen LogP contribution is -2.07. The molecule has 2 heteroatoms. The lowest BCUT2D eigenvalue weighted by Gasteiger charge is -2.12. The first-order valence-corrected chi connectivity index (χ1v) is 8.86. The van der Waals surface area contributed by atoms with Gasteiger partial charge >= 0.3 is 5.97 Å². The second-order valence-corrected chi connectivity index (χ2v) is 6.10. The summed E-state index contributed by atoms with van der Waals surface area (Å²) in [4.78, 5) is 12.5. The molecular weight excluding hydrogens is 320 g/mol. The van der Waals surface area contributed by atoms with Crippen molar-refractivity contribution in [3.63, 3.8) is 0 Å². The van der Waals surface area contributed by atoms with Crippen LogP contribution in [0.3, 0.4) is 0 Å². The molecule has 0 aromatic heterocycles. The first-order valence-electron chi connectivity index (χ1n) is 8.86. The average Bonchev–Trinajstić information content (AvgIpc) is 2.68. The van der Waals surface area contributed by atoms with Crippen molar-refractivity contribution in [1.82, 2.24) is 0 Å². The molecule has 0 N–H and O–H groups in total. The molecule has 0 radical (unpaired) electrons. The van der Waals surface area contributed by atoms with Gasteiger partial charge in [0.1, 0.15) is 6.61 Å². The van der Waals surface area contributed by atoms with Crippen LogP contribution in [0.4, 0.5) is 0 Å². The molecule has 3 aromatic carbocycles. The van der Waals surface area contributed by atoms with Crippen molar-refractivity contribution in [3.8, 4) is 0 Å². The van der Waals surface area contributed by atoms with Crippen LogP contribution in [-0.2, 0) is 16.1 Å². The highest BCUT2D eigenvalue weighted by Gasteiger charge is 2.13. The van der Waals surface area contributed by atoms with Gasteiger partial charge < -0.3 is 4.74 Å². The summed E-state index contributed by atoms with van der Waals surface area (Å²) in [6.45, 7) is 5.95. The highest BCUT2D eigenvalue weighted by atomic mass is 16.5. The van der Waals surface area contributed by atoms with E-state index in [0.29, 0.717) is 12.0 Å². The van der Waals surface area contributed by atoms with E-state index in [1.165, 1.54) is 0 Å². The SMILES string of the molecule is C=CCC(=C=CCC)C(=O)OCc1c2ccccc2cc2ccccc12. The smallest absolute Gasteiger partial charge is 0.342 e. The predicted octanol–water partition coefficient (Wildman–Crippen LogP) is 6.10. The molecule has 26 heavy (non-hydrogen) atoms. The minimum Gasteiger partial charge on any atom is -0.457 e. The Labute approximate surface area is 154 Å². The van der Waals surface area contributed by atoms with Gasteiger partial charge in [-0.15, -0.1) is 12.3 Å². The van der Waals surface area contributed by atoms with E-state index in [-0.39, 0.29) is 12.6 Å². The average molecular weight is 342 g/mol. The number of ether oxygens (including phenoxy) is 1. The van der Waals surface area contributed by atoms with Gasteiger partial charge in [-0.2, -0.15) is 0 Å². The Kier molecular flexibility index (Phi) is 5.68. The van der Waals surface area contributed by atoms with Gasteiger partial charge in [-0.25, -0.2) is 4.79 Å². The normalized spacial score (nSPS) is 10.3. The van der Waals surface area contributed by atoms with Gasteiger partial charge in [-0.1, -0.05) is 61.5 Å². The van der Waals surface area contributed by atoms with Gasteiger partial charge in [-0.05, 0) is 40.1 Å². The fourth-order valence-electron chi connectivity index (χ4n) is 3.06. The molecule has 0 fully saturated rings. The minimum atomic E-state index is -0.341. The first-order chi connectivity index (χ1) is 12.7. The van der Waals surface area contributed by atoms with Crippen molar-refractivity contribution >= 4 is 27.5 Å². The number of esters is 1. The second-order valence-electron chi connectivity index (χ2n) is 6.10. The second kappa shape index (κ2) is 8.33. The summed E-state index contributed by atoms with van der Waals surface area (Å²) in [5.74, 6) is -0.341. The molecule has 2 nitrogen and oxygen atoms in total. The van der Waals surface area contributed by atoms with E-state index >= 15 is 0 Å². The van der Waals surface area contributed by atoms with Gasteiger partial charge in [-0.3, -0.25) is 0 Å². The number of fused-ring (bicyclic) bond motifs is 2. The monoisotopic (exact) mass is 342 g/mol. The third kappa shape index (κ3) is 3.77. The van der Waals surface area contributed by atoms with Gasteiger partial charge in [0.2, 0.25) is 0 Å². The zero-order valence-corrected chi connectivity index (χ0v) is 15.0. The molecule has 0 bridgehead atoms. The molecule has 0 unspecified atom stereocenters. The van der Waals surface area contributed by atoms with E-state index < -0.39 is 0 Å². The van der Waals surface area contributed by atoms with E-state index in [1.807, 2.05) is 37.3 Å².